The van der Waals surface area contributed by atoms with Gasteiger partial charge in [0.05, 0.1) is 11.8 Å². The molecule has 1 aromatic heterocycles. The minimum Gasteiger partial charge on any atom is -0.494 e. The number of para-hydroxylation sites is 1. The second kappa shape index (κ2) is 3.20. The van der Waals surface area contributed by atoms with Crippen LogP contribution in [0.1, 0.15) is 0 Å². The van der Waals surface area contributed by atoms with E-state index in [0.29, 0.717) is 0 Å². The predicted octanol–water partition coefficient (Wildman–Crippen LogP) is 2.75. The van der Waals surface area contributed by atoms with Crippen LogP contribution in [0.15, 0.2) is 18.2 Å². The molecular formula is C7H8N2OS2. The van der Waals surface area contributed by atoms with Crippen molar-refractivity contribution in [1.82, 2.24) is 8.14 Å². The minimum atomic E-state index is 0.883. The molecule has 0 radical (unpaired) electrons. The number of hydrogen-bond acceptors (Lipinski definition) is 3. The highest BCUT2D eigenvalue weighted by molar-refractivity contribution is 7.20. The molecule has 1 aromatic carbocycles. The van der Waals surface area contributed by atoms with Crippen LogP contribution in [0.3, 0.4) is 0 Å². The third-order valence-corrected chi connectivity index (χ3v) is 3.09. The van der Waals surface area contributed by atoms with Crippen LogP contribution in [0.25, 0.3) is 10.2 Å². The van der Waals surface area contributed by atoms with Gasteiger partial charge in [0, 0.05) is 11.7 Å². The first-order chi connectivity index (χ1) is 5.92. The van der Waals surface area contributed by atoms with Gasteiger partial charge in [-0.05, 0) is 23.7 Å². The SMILES string of the molecule is COc1cccc2s[nH]s[nH]c12. The Hall–Kier alpha value is -0.940. The molecule has 1 heterocycles. The summed E-state index contributed by atoms with van der Waals surface area (Å²) in [5.41, 5.74) is 1.05. The highest BCUT2D eigenvalue weighted by atomic mass is 32.2. The number of hydrogen-bond donors (Lipinski definition) is 2. The van der Waals surface area contributed by atoms with Crippen LogP contribution in [-0.2, 0) is 0 Å². The van der Waals surface area contributed by atoms with Gasteiger partial charge in [0.25, 0.3) is 0 Å². The number of aromatic nitrogens is 2. The first-order valence-electron chi connectivity index (χ1n) is 3.42. The summed E-state index contributed by atoms with van der Waals surface area (Å²) in [5, 5.41) is 0. The number of benzene rings is 1. The summed E-state index contributed by atoms with van der Waals surface area (Å²) >= 11 is 3.04. The van der Waals surface area contributed by atoms with Crippen molar-refractivity contribution < 1.29 is 4.74 Å². The van der Waals surface area contributed by atoms with Gasteiger partial charge in [0.1, 0.15) is 11.3 Å². The fourth-order valence-corrected chi connectivity index (χ4v) is 2.47. The Morgan fingerprint density at radius 2 is 2.33 bits per heavy atom. The molecule has 0 fully saturated rings. The van der Waals surface area contributed by atoms with Gasteiger partial charge < -0.3 is 4.74 Å². The average molecular weight is 200 g/mol. The number of H-pyrrole nitrogens is 2. The maximum atomic E-state index is 5.20. The van der Waals surface area contributed by atoms with Crippen LogP contribution in [-0.4, -0.2) is 15.2 Å². The summed E-state index contributed by atoms with van der Waals surface area (Å²) in [6.07, 6.45) is 0. The molecule has 0 saturated heterocycles. The molecule has 0 aliphatic rings. The molecule has 2 N–H and O–H groups in total. The van der Waals surface area contributed by atoms with Crippen molar-refractivity contribution in [2.75, 3.05) is 7.11 Å². The lowest BCUT2D eigenvalue weighted by molar-refractivity contribution is 0.419. The Morgan fingerprint density at radius 1 is 1.42 bits per heavy atom. The van der Waals surface area contributed by atoms with Gasteiger partial charge in [-0.1, -0.05) is 6.07 Å². The molecule has 0 saturated carbocycles. The molecule has 0 aliphatic heterocycles. The molecule has 64 valence electrons. The van der Waals surface area contributed by atoms with E-state index in [0.717, 1.165) is 16.0 Å². The van der Waals surface area contributed by atoms with Crippen molar-refractivity contribution in [1.29, 1.82) is 0 Å². The lowest BCUT2D eigenvalue weighted by atomic mass is 10.3. The number of aromatic amines is 2. The molecule has 0 atom stereocenters. The molecule has 0 unspecified atom stereocenters. The molecule has 0 aliphatic carbocycles. The van der Waals surface area contributed by atoms with Gasteiger partial charge in [-0.2, -0.15) is 0 Å². The second-order valence-corrected chi connectivity index (χ2v) is 3.94. The second-order valence-electron chi connectivity index (χ2n) is 2.22. The quantitative estimate of drug-likeness (QED) is 0.730. The lowest BCUT2D eigenvalue weighted by Crippen LogP contribution is -1.84. The van der Waals surface area contributed by atoms with Gasteiger partial charge in [0.2, 0.25) is 0 Å². The number of rotatable bonds is 1. The van der Waals surface area contributed by atoms with Gasteiger partial charge in [-0.3, -0.25) is 8.14 Å². The maximum absolute atomic E-state index is 5.20. The van der Waals surface area contributed by atoms with Crippen LogP contribution in [0.5, 0.6) is 5.75 Å². The van der Waals surface area contributed by atoms with E-state index in [4.69, 9.17) is 4.74 Å². The normalized spacial score (nSPS) is 10.1. The van der Waals surface area contributed by atoms with E-state index in [9.17, 15) is 0 Å². The molecular weight excluding hydrogens is 192 g/mol. The fourth-order valence-electron chi connectivity index (χ4n) is 1.00. The standard InChI is InChI=1S/C7H8N2OS2/c1-10-5-3-2-4-6-7(5)8-12-9-11-6/h2-4,8-9H,1H3. The van der Waals surface area contributed by atoms with Gasteiger partial charge >= 0.3 is 0 Å². The molecule has 2 rings (SSSR count). The number of nitrogens with one attached hydrogen (secondary N) is 2. The summed E-state index contributed by atoms with van der Waals surface area (Å²) in [6.45, 7) is 0. The Labute approximate surface area is 77.8 Å². The Balaban J connectivity index is 2.79. The first-order valence-corrected chi connectivity index (χ1v) is 5.06. The highest BCUT2D eigenvalue weighted by Gasteiger charge is 1.99. The van der Waals surface area contributed by atoms with E-state index < -0.39 is 0 Å². The van der Waals surface area contributed by atoms with E-state index in [2.05, 4.69) is 8.14 Å². The molecule has 0 spiro atoms. The van der Waals surface area contributed by atoms with Gasteiger partial charge in [-0.25, -0.2) is 0 Å². The van der Waals surface area contributed by atoms with Crippen LogP contribution in [0.2, 0.25) is 0 Å². The van der Waals surface area contributed by atoms with Crippen molar-refractivity contribution >= 4 is 33.5 Å². The van der Waals surface area contributed by atoms with Crippen molar-refractivity contribution in [3.8, 4) is 5.75 Å². The monoisotopic (exact) mass is 200 g/mol. The van der Waals surface area contributed by atoms with Crippen molar-refractivity contribution in [2.45, 2.75) is 0 Å². The molecule has 0 amide bonds. The van der Waals surface area contributed by atoms with Crippen molar-refractivity contribution in [3.63, 3.8) is 0 Å². The third-order valence-electron chi connectivity index (χ3n) is 1.55. The summed E-state index contributed by atoms with van der Waals surface area (Å²) in [4.78, 5) is 0. The van der Waals surface area contributed by atoms with E-state index in [1.807, 2.05) is 18.2 Å². The Bertz CT molecular complexity index is 402. The number of methoxy groups -OCH3 is 1. The summed E-state index contributed by atoms with van der Waals surface area (Å²) in [5.74, 6) is 0.883. The van der Waals surface area contributed by atoms with Gasteiger partial charge in [-0.15, -0.1) is 0 Å². The van der Waals surface area contributed by atoms with Crippen LogP contribution >= 0.6 is 23.3 Å². The molecule has 12 heavy (non-hydrogen) atoms. The molecule has 5 heteroatoms. The van der Waals surface area contributed by atoms with Crippen LogP contribution in [0.4, 0.5) is 0 Å². The maximum Gasteiger partial charge on any atom is 0.144 e. The summed E-state index contributed by atoms with van der Waals surface area (Å²) in [7, 11) is 1.68. The number of ether oxygens (including phenoxy) is 1. The predicted molar refractivity (Wildman–Crippen MR) is 52.6 cm³/mol. The summed E-state index contributed by atoms with van der Waals surface area (Å²) in [6, 6.07) is 5.96. The number of fused-ring (bicyclic) bond motifs is 1. The topological polar surface area (TPSA) is 40.8 Å². The van der Waals surface area contributed by atoms with Crippen LogP contribution < -0.4 is 4.74 Å². The zero-order chi connectivity index (χ0) is 8.39. The first kappa shape index (κ1) is 7.70. The largest absolute Gasteiger partial charge is 0.494 e. The Morgan fingerprint density at radius 3 is 3.17 bits per heavy atom. The lowest BCUT2D eigenvalue weighted by Gasteiger charge is -2.02. The zero-order valence-corrected chi connectivity index (χ0v) is 8.09. The molecule has 3 nitrogen and oxygen atoms in total. The van der Waals surface area contributed by atoms with E-state index in [-0.39, 0.29) is 0 Å². The van der Waals surface area contributed by atoms with Crippen molar-refractivity contribution in [2.24, 2.45) is 0 Å². The average Bonchev–Trinajstić information content (AvgIpc) is 2.17. The zero-order valence-electron chi connectivity index (χ0n) is 6.46. The van der Waals surface area contributed by atoms with Crippen LogP contribution in [0, 0.1) is 0 Å². The van der Waals surface area contributed by atoms with E-state index in [1.165, 1.54) is 11.7 Å². The third kappa shape index (κ3) is 1.21. The smallest absolute Gasteiger partial charge is 0.144 e. The Kier molecular flexibility index (Phi) is 2.05. The minimum absolute atomic E-state index is 0.883. The van der Waals surface area contributed by atoms with E-state index >= 15 is 0 Å². The van der Waals surface area contributed by atoms with Gasteiger partial charge in [0.15, 0.2) is 0 Å². The van der Waals surface area contributed by atoms with Crippen molar-refractivity contribution in [3.05, 3.63) is 18.2 Å². The fraction of sp³-hybridized carbons (Fsp3) is 0.143. The highest BCUT2D eigenvalue weighted by Crippen LogP contribution is 2.24. The summed E-state index contributed by atoms with van der Waals surface area (Å²) < 4.78 is 12.6. The van der Waals surface area contributed by atoms with E-state index in [1.54, 1.807) is 18.6 Å². The molecule has 0 bridgehead atoms. The molecule has 2 aromatic rings.